The van der Waals surface area contributed by atoms with Crippen LogP contribution >= 0.6 is 23.2 Å². The zero-order chi connectivity index (χ0) is 15.0. The summed E-state index contributed by atoms with van der Waals surface area (Å²) < 4.78 is 1.98. The summed E-state index contributed by atoms with van der Waals surface area (Å²) in [6.45, 7) is 2.25. The van der Waals surface area contributed by atoms with E-state index in [0.717, 1.165) is 16.6 Å². The zero-order valence-electron chi connectivity index (χ0n) is 11.4. The van der Waals surface area contributed by atoms with Gasteiger partial charge in [-0.05, 0) is 36.8 Å². The number of benzene rings is 2. The number of hydrogen-bond acceptors (Lipinski definition) is 2. The van der Waals surface area contributed by atoms with Crippen molar-refractivity contribution in [2.24, 2.45) is 0 Å². The molecule has 1 heterocycles. The second kappa shape index (κ2) is 5.68. The summed E-state index contributed by atoms with van der Waals surface area (Å²) in [6.07, 6.45) is -0.650. The normalized spacial score (nSPS) is 12.8. The van der Waals surface area contributed by atoms with E-state index in [-0.39, 0.29) is 0 Å². The number of halogens is 2. The molecule has 3 nitrogen and oxygen atoms in total. The molecule has 1 N–H and O–H groups in total. The molecule has 0 amide bonds. The predicted octanol–water partition coefficient (Wildman–Crippen LogP) is 4.44. The maximum atomic E-state index is 9.96. The van der Waals surface area contributed by atoms with Gasteiger partial charge >= 0.3 is 0 Å². The van der Waals surface area contributed by atoms with Crippen LogP contribution in [0.5, 0.6) is 0 Å². The Kier molecular flexibility index (Phi) is 3.89. The van der Waals surface area contributed by atoms with Crippen molar-refractivity contribution in [1.82, 2.24) is 9.55 Å². The Morgan fingerprint density at radius 3 is 2.67 bits per heavy atom. The average molecular weight is 321 g/mol. The molecule has 3 aromatic rings. The van der Waals surface area contributed by atoms with Gasteiger partial charge in [-0.25, -0.2) is 4.98 Å². The number of aromatic nitrogens is 2. The highest BCUT2D eigenvalue weighted by Gasteiger charge is 2.15. The first kappa shape index (κ1) is 14.4. The van der Waals surface area contributed by atoms with E-state index < -0.39 is 6.10 Å². The van der Waals surface area contributed by atoms with Gasteiger partial charge in [-0.15, -0.1) is 0 Å². The predicted molar refractivity (Wildman–Crippen MR) is 85.9 cm³/mol. The third kappa shape index (κ3) is 2.77. The van der Waals surface area contributed by atoms with Crippen molar-refractivity contribution < 1.29 is 5.11 Å². The number of nitrogens with zero attached hydrogens (tertiary/aromatic N) is 2. The molecule has 0 spiro atoms. The molecule has 21 heavy (non-hydrogen) atoms. The first-order valence-corrected chi connectivity index (χ1v) is 7.39. The van der Waals surface area contributed by atoms with Gasteiger partial charge in [-0.3, -0.25) is 0 Å². The molecule has 0 radical (unpaired) electrons. The third-order valence-electron chi connectivity index (χ3n) is 3.40. The highest BCUT2D eigenvalue weighted by atomic mass is 35.5. The van der Waals surface area contributed by atoms with Gasteiger partial charge < -0.3 is 9.67 Å². The quantitative estimate of drug-likeness (QED) is 0.774. The van der Waals surface area contributed by atoms with Crippen LogP contribution in [0.3, 0.4) is 0 Å². The van der Waals surface area contributed by atoms with Gasteiger partial charge in [-0.2, -0.15) is 0 Å². The minimum absolute atomic E-state index is 0.538. The van der Waals surface area contributed by atoms with Crippen LogP contribution in [0.4, 0.5) is 0 Å². The monoisotopic (exact) mass is 320 g/mol. The number of fused-ring (bicyclic) bond motifs is 1. The fourth-order valence-electron chi connectivity index (χ4n) is 2.40. The maximum absolute atomic E-state index is 9.96. The highest BCUT2D eigenvalue weighted by molar-refractivity contribution is 6.35. The van der Waals surface area contributed by atoms with Gasteiger partial charge in [0.2, 0.25) is 0 Å². The zero-order valence-corrected chi connectivity index (χ0v) is 12.9. The topological polar surface area (TPSA) is 38.1 Å². The smallest absolute Gasteiger partial charge is 0.138 e. The Morgan fingerprint density at radius 2 is 1.95 bits per heavy atom. The van der Waals surface area contributed by atoms with Crippen LogP contribution in [-0.4, -0.2) is 14.7 Å². The van der Waals surface area contributed by atoms with Crippen molar-refractivity contribution in [3.63, 3.8) is 0 Å². The first-order valence-electron chi connectivity index (χ1n) is 6.63. The van der Waals surface area contributed by atoms with Gasteiger partial charge in [0.1, 0.15) is 11.9 Å². The maximum Gasteiger partial charge on any atom is 0.138 e. The van der Waals surface area contributed by atoms with E-state index in [1.807, 2.05) is 41.0 Å². The van der Waals surface area contributed by atoms with Gasteiger partial charge in [0, 0.05) is 10.0 Å². The number of hydrogen-bond donors (Lipinski definition) is 1. The largest absolute Gasteiger partial charge is 0.385 e. The Morgan fingerprint density at radius 1 is 1.19 bits per heavy atom. The SMILES string of the molecule is CC(O)c1nc2ccccc2n1Cc1ccc(Cl)cc1Cl. The van der Waals surface area contributed by atoms with Crippen molar-refractivity contribution in [2.45, 2.75) is 19.6 Å². The Balaban J connectivity index is 2.12. The summed E-state index contributed by atoms with van der Waals surface area (Å²) in [7, 11) is 0. The summed E-state index contributed by atoms with van der Waals surface area (Å²) >= 11 is 12.2. The molecule has 1 atom stereocenters. The lowest BCUT2D eigenvalue weighted by molar-refractivity contribution is 0.185. The van der Waals surface area contributed by atoms with Crippen molar-refractivity contribution in [2.75, 3.05) is 0 Å². The van der Waals surface area contributed by atoms with Crippen molar-refractivity contribution in [3.8, 4) is 0 Å². The summed E-state index contributed by atoms with van der Waals surface area (Å²) in [4.78, 5) is 4.50. The second-order valence-corrected chi connectivity index (χ2v) is 5.80. The van der Waals surface area contributed by atoms with Crippen LogP contribution in [0, 0.1) is 0 Å². The molecule has 1 aromatic heterocycles. The molecule has 3 rings (SSSR count). The highest BCUT2D eigenvalue weighted by Crippen LogP contribution is 2.26. The van der Waals surface area contributed by atoms with E-state index in [4.69, 9.17) is 23.2 Å². The summed E-state index contributed by atoms with van der Waals surface area (Å²) in [5, 5.41) is 11.2. The van der Waals surface area contributed by atoms with Crippen molar-refractivity contribution >= 4 is 34.2 Å². The molecule has 1 unspecified atom stereocenters. The molecule has 0 aliphatic rings. The van der Waals surface area contributed by atoms with Crippen LogP contribution in [0.25, 0.3) is 11.0 Å². The minimum atomic E-state index is -0.650. The lowest BCUT2D eigenvalue weighted by Crippen LogP contribution is -2.08. The summed E-state index contributed by atoms with van der Waals surface area (Å²) in [5.41, 5.74) is 2.77. The lowest BCUT2D eigenvalue weighted by atomic mass is 10.2. The van der Waals surface area contributed by atoms with Crippen LogP contribution in [-0.2, 0) is 6.54 Å². The molecular weight excluding hydrogens is 307 g/mol. The second-order valence-electron chi connectivity index (χ2n) is 4.96. The first-order chi connectivity index (χ1) is 10.1. The molecule has 5 heteroatoms. The van der Waals surface area contributed by atoms with E-state index in [9.17, 15) is 5.11 Å². The van der Waals surface area contributed by atoms with Crippen LogP contribution in [0.1, 0.15) is 24.4 Å². The molecule has 0 saturated heterocycles. The molecule has 2 aromatic carbocycles. The van der Waals surface area contributed by atoms with Crippen molar-refractivity contribution in [1.29, 1.82) is 0 Å². The number of aliphatic hydroxyl groups is 1. The van der Waals surface area contributed by atoms with Gasteiger partial charge in [-0.1, -0.05) is 41.4 Å². The van der Waals surface area contributed by atoms with Crippen LogP contribution in [0.2, 0.25) is 10.0 Å². The van der Waals surface area contributed by atoms with E-state index in [2.05, 4.69) is 4.98 Å². The number of para-hydroxylation sites is 2. The molecule has 108 valence electrons. The summed E-state index contributed by atoms with van der Waals surface area (Å²) in [6, 6.07) is 13.2. The van der Waals surface area contributed by atoms with Crippen molar-refractivity contribution in [3.05, 3.63) is 63.9 Å². The molecule has 0 aliphatic carbocycles. The van der Waals surface area contributed by atoms with E-state index in [1.54, 1.807) is 13.0 Å². The lowest BCUT2D eigenvalue weighted by Gasteiger charge is -2.12. The van der Waals surface area contributed by atoms with E-state index in [0.29, 0.717) is 22.4 Å². The van der Waals surface area contributed by atoms with Crippen LogP contribution in [0.15, 0.2) is 42.5 Å². The number of imidazole rings is 1. The fourth-order valence-corrected chi connectivity index (χ4v) is 2.87. The molecular formula is C16H14Cl2N2O. The summed E-state index contributed by atoms with van der Waals surface area (Å²) in [5.74, 6) is 0.627. The standard InChI is InChI=1S/C16H14Cl2N2O/c1-10(21)16-19-14-4-2-3-5-15(14)20(16)9-11-6-7-12(17)8-13(11)18/h2-8,10,21H,9H2,1H3. The van der Waals surface area contributed by atoms with Gasteiger partial charge in [0.05, 0.1) is 17.6 Å². The van der Waals surface area contributed by atoms with Gasteiger partial charge in [0.25, 0.3) is 0 Å². The van der Waals surface area contributed by atoms with Gasteiger partial charge in [0.15, 0.2) is 0 Å². The Labute approximate surface area is 132 Å². The average Bonchev–Trinajstić information content (AvgIpc) is 2.81. The molecule has 0 bridgehead atoms. The fraction of sp³-hybridized carbons (Fsp3) is 0.188. The third-order valence-corrected chi connectivity index (χ3v) is 3.99. The Bertz CT molecular complexity index is 796. The number of aliphatic hydroxyl groups excluding tert-OH is 1. The van der Waals surface area contributed by atoms with E-state index >= 15 is 0 Å². The Hall–Kier alpha value is -1.55. The minimum Gasteiger partial charge on any atom is -0.385 e. The molecule has 0 saturated carbocycles. The molecule has 0 aliphatic heterocycles. The van der Waals surface area contributed by atoms with Crippen LogP contribution < -0.4 is 0 Å². The molecule has 0 fully saturated rings. The van der Waals surface area contributed by atoms with E-state index in [1.165, 1.54) is 0 Å². The number of rotatable bonds is 3.